The molecule has 3 aliphatic heterocycles. The van der Waals surface area contributed by atoms with Crippen LogP contribution in [0.25, 0.3) is 11.0 Å². The van der Waals surface area contributed by atoms with Gasteiger partial charge in [0.1, 0.15) is 12.2 Å². The molecule has 11 heteroatoms. The maximum Gasteiger partial charge on any atom is 0.294 e. The van der Waals surface area contributed by atoms with E-state index in [1.807, 2.05) is 18.5 Å². The number of halogens is 1. The largest absolute Gasteiger partial charge is 0.371 e. The van der Waals surface area contributed by atoms with Gasteiger partial charge in [-0.2, -0.15) is 0 Å². The Balaban J connectivity index is 0.00000231. The van der Waals surface area contributed by atoms with E-state index in [0.29, 0.717) is 6.61 Å². The lowest BCUT2D eigenvalue weighted by molar-refractivity contribution is -0.769. The van der Waals surface area contributed by atoms with E-state index in [0.717, 1.165) is 51.2 Å². The summed E-state index contributed by atoms with van der Waals surface area (Å²) in [5, 5.41) is 9.89. The van der Waals surface area contributed by atoms with E-state index in [2.05, 4.69) is 31.5 Å². The maximum absolute atomic E-state index is 10.6. The summed E-state index contributed by atoms with van der Waals surface area (Å²) in [5.74, 6) is 0. The Bertz CT molecular complexity index is 890. The summed E-state index contributed by atoms with van der Waals surface area (Å²) in [4.78, 5) is 24.7. The number of piperazine rings is 1. The highest BCUT2D eigenvalue weighted by Crippen LogP contribution is 2.32. The number of rotatable bonds is 7. The van der Waals surface area contributed by atoms with Gasteiger partial charge in [-0.1, -0.05) is 12.1 Å². The van der Waals surface area contributed by atoms with Crippen molar-refractivity contribution in [3.05, 3.63) is 40.7 Å². The van der Waals surface area contributed by atoms with Crippen LogP contribution in [-0.4, -0.2) is 94.7 Å². The summed E-state index contributed by atoms with van der Waals surface area (Å²) >= 11 is 0. The SMILES string of the molecule is Cl.O=[N+]([O-])O[C@H]1CO[C@H]2[C@@H]1OC[C@@H]2N1CCN(CCCn2cnc3ccccc32)CC1. The number of imidazole rings is 1. The van der Waals surface area contributed by atoms with E-state index in [1.54, 1.807) is 0 Å². The van der Waals surface area contributed by atoms with Crippen molar-refractivity contribution in [2.45, 2.75) is 37.3 Å². The first-order chi connectivity index (χ1) is 14.7. The molecular weight excluding hydrogens is 426 g/mol. The zero-order valence-corrected chi connectivity index (χ0v) is 18.1. The summed E-state index contributed by atoms with van der Waals surface area (Å²) in [5.41, 5.74) is 2.23. The topological polar surface area (TPSA) is 95.1 Å². The third kappa shape index (κ3) is 4.63. The van der Waals surface area contributed by atoms with E-state index in [4.69, 9.17) is 14.3 Å². The first-order valence-electron chi connectivity index (χ1n) is 10.6. The van der Waals surface area contributed by atoms with Crippen LogP contribution in [0.3, 0.4) is 0 Å². The van der Waals surface area contributed by atoms with Crippen molar-refractivity contribution in [1.82, 2.24) is 19.4 Å². The molecule has 4 atom stereocenters. The number of fused-ring (bicyclic) bond motifs is 2. The van der Waals surface area contributed by atoms with Gasteiger partial charge in [0.05, 0.1) is 36.6 Å². The number of ether oxygens (including phenoxy) is 2. The fourth-order valence-corrected chi connectivity index (χ4v) is 4.93. The zero-order chi connectivity index (χ0) is 20.5. The van der Waals surface area contributed by atoms with Gasteiger partial charge in [0, 0.05) is 32.7 Å². The van der Waals surface area contributed by atoms with Gasteiger partial charge >= 0.3 is 0 Å². The quantitative estimate of drug-likeness (QED) is 0.456. The molecule has 5 rings (SSSR count). The van der Waals surface area contributed by atoms with Crippen LogP contribution in [0.1, 0.15) is 6.42 Å². The van der Waals surface area contributed by atoms with Crippen LogP contribution in [-0.2, 0) is 20.9 Å². The van der Waals surface area contributed by atoms with Crippen molar-refractivity contribution in [2.75, 3.05) is 45.9 Å². The second-order valence-electron chi connectivity index (χ2n) is 8.19. The Kier molecular flexibility index (Phi) is 6.92. The van der Waals surface area contributed by atoms with Crippen LogP contribution in [0.15, 0.2) is 30.6 Å². The number of hydrogen-bond acceptors (Lipinski definition) is 8. The average molecular weight is 454 g/mol. The summed E-state index contributed by atoms with van der Waals surface area (Å²) in [7, 11) is 0. The van der Waals surface area contributed by atoms with Crippen LogP contribution in [0.4, 0.5) is 0 Å². The predicted octanol–water partition coefficient (Wildman–Crippen LogP) is 1.21. The summed E-state index contributed by atoms with van der Waals surface area (Å²) in [6.07, 6.45) is 1.91. The third-order valence-corrected chi connectivity index (χ3v) is 6.48. The molecule has 170 valence electrons. The molecule has 0 spiro atoms. The highest BCUT2D eigenvalue weighted by atomic mass is 35.5. The molecule has 2 aromatic rings. The monoisotopic (exact) mass is 453 g/mol. The molecule has 1 aromatic heterocycles. The van der Waals surface area contributed by atoms with Crippen molar-refractivity contribution < 1.29 is 19.4 Å². The molecule has 0 saturated carbocycles. The van der Waals surface area contributed by atoms with Gasteiger partial charge in [-0.25, -0.2) is 4.98 Å². The molecule has 0 unspecified atom stereocenters. The number of nitrogens with zero attached hydrogens (tertiary/aromatic N) is 5. The first kappa shape index (κ1) is 22.2. The molecular formula is C20H28ClN5O5. The fraction of sp³-hybridized carbons (Fsp3) is 0.650. The lowest BCUT2D eigenvalue weighted by atomic mass is 10.1. The number of aromatic nitrogens is 2. The van der Waals surface area contributed by atoms with Crippen molar-refractivity contribution >= 4 is 23.4 Å². The maximum atomic E-state index is 10.6. The Morgan fingerprint density at radius 2 is 1.87 bits per heavy atom. The van der Waals surface area contributed by atoms with Gasteiger partial charge in [-0.15, -0.1) is 22.5 Å². The van der Waals surface area contributed by atoms with Crippen LogP contribution < -0.4 is 0 Å². The molecule has 0 bridgehead atoms. The Morgan fingerprint density at radius 1 is 1.10 bits per heavy atom. The molecule has 4 heterocycles. The Morgan fingerprint density at radius 3 is 2.68 bits per heavy atom. The highest BCUT2D eigenvalue weighted by molar-refractivity contribution is 5.85. The second-order valence-corrected chi connectivity index (χ2v) is 8.19. The van der Waals surface area contributed by atoms with E-state index in [-0.39, 0.29) is 37.3 Å². The first-order valence-corrected chi connectivity index (χ1v) is 10.6. The van der Waals surface area contributed by atoms with Crippen LogP contribution >= 0.6 is 12.4 Å². The number of benzene rings is 1. The minimum absolute atomic E-state index is 0. The number of hydrogen-bond donors (Lipinski definition) is 0. The molecule has 0 aliphatic carbocycles. The standard InChI is InChI=1S/C20H27N5O5.ClH/c26-25(27)30-18-13-29-19-17(12-28-20(18)19)23-10-8-22(9-11-23)6-3-7-24-14-21-15-4-1-2-5-16(15)24;/h1-2,4-5,14,17-20H,3,6-13H2;1H/t17-,18-,19+,20+;/m0./s1. The van der Waals surface area contributed by atoms with Crippen LogP contribution in [0.2, 0.25) is 0 Å². The normalized spacial score (nSPS) is 29.0. The summed E-state index contributed by atoms with van der Waals surface area (Å²) < 4.78 is 13.8. The Labute approximate surface area is 186 Å². The van der Waals surface area contributed by atoms with Crippen LogP contribution in [0, 0.1) is 10.1 Å². The minimum Gasteiger partial charge on any atom is -0.371 e. The molecule has 31 heavy (non-hydrogen) atoms. The third-order valence-electron chi connectivity index (χ3n) is 6.48. The van der Waals surface area contributed by atoms with Gasteiger partial charge < -0.3 is 23.8 Å². The average Bonchev–Trinajstić information content (AvgIpc) is 3.45. The fourth-order valence-electron chi connectivity index (χ4n) is 4.93. The van der Waals surface area contributed by atoms with E-state index in [9.17, 15) is 10.1 Å². The molecule has 0 amide bonds. The van der Waals surface area contributed by atoms with Crippen molar-refractivity contribution in [3.8, 4) is 0 Å². The Hall–Kier alpha value is -1.98. The molecule has 1 aromatic carbocycles. The molecule has 0 N–H and O–H groups in total. The smallest absolute Gasteiger partial charge is 0.294 e. The number of para-hydroxylation sites is 2. The van der Waals surface area contributed by atoms with Gasteiger partial charge in [0.2, 0.25) is 0 Å². The lowest BCUT2D eigenvalue weighted by Crippen LogP contribution is -2.54. The summed E-state index contributed by atoms with van der Waals surface area (Å²) in [6, 6.07) is 8.38. The molecule has 3 fully saturated rings. The lowest BCUT2D eigenvalue weighted by Gasteiger charge is -2.38. The van der Waals surface area contributed by atoms with Crippen LogP contribution in [0.5, 0.6) is 0 Å². The predicted molar refractivity (Wildman–Crippen MR) is 115 cm³/mol. The van der Waals surface area contributed by atoms with Gasteiger partial charge in [0.15, 0.2) is 6.10 Å². The number of aryl methyl sites for hydroxylation is 1. The molecule has 10 nitrogen and oxygen atoms in total. The van der Waals surface area contributed by atoms with Gasteiger partial charge in [-0.3, -0.25) is 4.90 Å². The van der Waals surface area contributed by atoms with E-state index < -0.39 is 11.2 Å². The highest BCUT2D eigenvalue weighted by Gasteiger charge is 2.51. The van der Waals surface area contributed by atoms with E-state index in [1.165, 1.54) is 5.52 Å². The summed E-state index contributed by atoms with van der Waals surface area (Å²) in [6.45, 7) is 6.71. The van der Waals surface area contributed by atoms with Crippen molar-refractivity contribution in [2.24, 2.45) is 0 Å². The van der Waals surface area contributed by atoms with Gasteiger partial charge in [-0.05, 0) is 25.1 Å². The van der Waals surface area contributed by atoms with Crippen molar-refractivity contribution in [3.63, 3.8) is 0 Å². The second kappa shape index (κ2) is 9.66. The van der Waals surface area contributed by atoms with E-state index >= 15 is 0 Å². The zero-order valence-electron chi connectivity index (χ0n) is 17.2. The van der Waals surface area contributed by atoms with Gasteiger partial charge in [0.25, 0.3) is 5.09 Å². The molecule has 0 radical (unpaired) electrons. The minimum atomic E-state index is -0.752. The molecule has 3 saturated heterocycles. The molecule has 3 aliphatic rings. The van der Waals surface area contributed by atoms with Crippen molar-refractivity contribution in [1.29, 1.82) is 0 Å².